The van der Waals surface area contributed by atoms with Crippen molar-refractivity contribution in [1.29, 1.82) is 5.26 Å². The first-order valence-corrected chi connectivity index (χ1v) is 9.76. The monoisotopic (exact) mass is 420 g/mol. The van der Waals surface area contributed by atoms with Crippen LogP contribution in [-0.2, 0) is 15.9 Å². The number of aromatic nitrogens is 2. The molecule has 2 saturated heterocycles. The molecular formula is C19H18Cl2N4O3. The molecule has 0 bridgehead atoms. The molecule has 0 aliphatic carbocycles. The smallest absolute Gasteiger partial charge is 0.271 e. The van der Waals surface area contributed by atoms with E-state index in [1.165, 1.54) is 0 Å². The van der Waals surface area contributed by atoms with Gasteiger partial charge in [-0.05, 0) is 17.7 Å². The summed E-state index contributed by atoms with van der Waals surface area (Å²) in [5, 5.41) is 10.5. The van der Waals surface area contributed by atoms with Gasteiger partial charge in [-0.3, -0.25) is 4.79 Å². The molecule has 2 aromatic rings. The lowest BCUT2D eigenvalue weighted by Gasteiger charge is -2.38. The molecule has 9 heteroatoms. The van der Waals surface area contributed by atoms with Crippen LogP contribution < -0.4 is 10.5 Å². The molecule has 0 unspecified atom stereocenters. The Kier molecular flexibility index (Phi) is 5.30. The summed E-state index contributed by atoms with van der Waals surface area (Å²) in [5.41, 5.74) is 0.201. The number of nitriles is 1. The molecule has 0 saturated carbocycles. The highest BCUT2D eigenvalue weighted by Crippen LogP contribution is 2.33. The number of H-pyrrole nitrogens is 1. The number of rotatable bonds is 3. The van der Waals surface area contributed by atoms with Gasteiger partial charge in [-0.1, -0.05) is 29.3 Å². The summed E-state index contributed by atoms with van der Waals surface area (Å²) in [6.07, 6.45) is 1.56. The second kappa shape index (κ2) is 7.72. The Labute approximate surface area is 171 Å². The summed E-state index contributed by atoms with van der Waals surface area (Å²) >= 11 is 12.5. The van der Waals surface area contributed by atoms with E-state index in [0.717, 1.165) is 0 Å². The van der Waals surface area contributed by atoms with E-state index >= 15 is 0 Å². The zero-order chi connectivity index (χ0) is 19.7. The van der Waals surface area contributed by atoms with Crippen LogP contribution in [0.4, 0.5) is 5.82 Å². The summed E-state index contributed by atoms with van der Waals surface area (Å²) in [5.74, 6) is 0.234. The number of hydrogen-bond acceptors (Lipinski definition) is 6. The van der Waals surface area contributed by atoms with Crippen LogP contribution in [0, 0.1) is 11.3 Å². The molecule has 2 aliphatic heterocycles. The zero-order valence-corrected chi connectivity index (χ0v) is 16.5. The highest BCUT2D eigenvalue weighted by molar-refractivity contribution is 6.36. The predicted molar refractivity (Wildman–Crippen MR) is 105 cm³/mol. The summed E-state index contributed by atoms with van der Waals surface area (Å²) in [4.78, 5) is 21.7. The maximum atomic E-state index is 12.5. The lowest BCUT2D eigenvalue weighted by atomic mass is 10.0. The van der Waals surface area contributed by atoms with Gasteiger partial charge in [-0.25, -0.2) is 4.98 Å². The lowest BCUT2D eigenvalue weighted by molar-refractivity contribution is -0.169. The minimum atomic E-state index is -0.543. The van der Waals surface area contributed by atoms with Crippen LogP contribution in [0.25, 0.3) is 0 Å². The fraction of sp³-hybridized carbons (Fsp3) is 0.421. The van der Waals surface area contributed by atoms with E-state index in [0.29, 0.717) is 66.4 Å². The molecule has 2 aliphatic rings. The van der Waals surface area contributed by atoms with Gasteiger partial charge in [-0.2, -0.15) is 5.26 Å². The maximum absolute atomic E-state index is 12.5. The van der Waals surface area contributed by atoms with Crippen LogP contribution in [0.3, 0.4) is 0 Å². The molecule has 1 aromatic heterocycles. The maximum Gasteiger partial charge on any atom is 0.271 e. The first-order chi connectivity index (χ1) is 13.5. The molecule has 1 aromatic carbocycles. The Hall–Kier alpha value is -2.11. The van der Waals surface area contributed by atoms with Crippen molar-refractivity contribution >= 4 is 29.0 Å². The highest BCUT2D eigenvalue weighted by Gasteiger charge is 2.40. The van der Waals surface area contributed by atoms with Crippen LogP contribution in [0.15, 0.2) is 23.0 Å². The minimum Gasteiger partial charge on any atom is -0.355 e. The molecule has 1 spiro atoms. The van der Waals surface area contributed by atoms with Gasteiger partial charge in [0.05, 0.1) is 13.2 Å². The largest absolute Gasteiger partial charge is 0.355 e. The minimum absolute atomic E-state index is 0.00165. The first kappa shape index (κ1) is 19.2. The van der Waals surface area contributed by atoms with Crippen LogP contribution in [-0.4, -0.2) is 42.1 Å². The van der Waals surface area contributed by atoms with Gasteiger partial charge in [0.15, 0.2) is 17.2 Å². The van der Waals surface area contributed by atoms with Gasteiger partial charge in [0, 0.05) is 42.4 Å². The number of anilines is 1. The normalized spacial score (nSPS) is 18.4. The third kappa shape index (κ3) is 3.61. The molecule has 3 heterocycles. The molecule has 28 heavy (non-hydrogen) atoms. The lowest BCUT2D eigenvalue weighted by Crippen LogP contribution is -2.46. The summed E-state index contributed by atoms with van der Waals surface area (Å²) in [7, 11) is 0. The van der Waals surface area contributed by atoms with E-state index in [9.17, 15) is 10.1 Å². The second-order valence-corrected chi connectivity index (χ2v) is 7.61. The quantitative estimate of drug-likeness (QED) is 0.820. The Morgan fingerprint density at radius 1 is 1.21 bits per heavy atom. The summed E-state index contributed by atoms with van der Waals surface area (Å²) in [6, 6.07) is 7.20. The van der Waals surface area contributed by atoms with Gasteiger partial charge in [0.2, 0.25) is 0 Å². The van der Waals surface area contributed by atoms with E-state index in [-0.39, 0.29) is 12.0 Å². The van der Waals surface area contributed by atoms with Gasteiger partial charge in [0.1, 0.15) is 11.9 Å². The van der Waals surface area contributed by atoms with Crippen molar-refractivity contribution in [2.45, 2.75) is 25.0 Å². The molecule has 0 amide bonds. The number of hydrogen-bond donors (Lipinski definition) is 1. The molecule has 0 atom stereocenters. The van der Waals surface area contributed by atoms with Gasteiger partial charge < -0.3 is 19.4 Å². The predicted octanol–water partition coefficient (Wildman–Crippen LogP) is 2.88. The van der Waals surface area contributed by atoms with E-state index in [1.54, 1.807) is 18.2 Å². The van der Waals surface area contributed by atoms with E-state index < -0.39 is 11.3 Å². The summed E-state index contributed by atoms with van der Waals surface area (Å²) < 4.78 is 11.5. The third-order valence-electron chi connectivity index (χ3n) is 5.11. The molecule has 7 nitrogen and oxygen atoms in total. The second-order valence-electron chi connectivity index (χ2n) is 6.79. The number of benzene rings is 1. The zero-order valence-electron chi connectivity index (χ0n) is 15.0. The van der Waals surface area contributed by atoms with Crippen molar-refractivity contribution in [1.82, 2.24) is 9.97 Å². The van der Waals surface area contributed by atoms with Crippen molar-refractivity contribution in [2.24, 2.45) is 0 Å². The van der Waals surface area contributed by atoms with Crippen molar-refractivity contribution in [3.8, 4) is 6.07 Å². The molecule has 0 radical (unpaired) electrons. The fourth-order valence-corrected chi connectivity index (χ4v) is 4.16. The Balaban J connectivity index is 1.64. The molecule has 146 valence electrons. The first-order valence-electron chi connectivity index (χ1n) is 9.00. The number of piperidine rings is 1. The van der Waals surface area contributed by atoms with Crippen LogP contribution in [0.5, 0.6) is 0 Å². The topological polar surface area (TPSA) is 91.2 Å². The molecule has 2 fully saturated rings. The van der Waals surface area contributed by atoms with Gasteiger partial charge in [-0.15, -0.1) is 0 Å². The Bertz CT molecular complexity index is 965. The summed E-state index contributed by atoms with van der Waals surface area (Å²) in [6.45, 7) is 2.35. The van der Waals surface area contributed by atoms with E-state index in [2.05, 4.69) is 9.97 Å². The van der Waals surface area contributed by atoms with Crippen molar-refractivity contribution in [3.05, 3.63) is 55.5 Å². The third-order valence-corrected chi connectivity index (χ3v) is 5.81. The van der Waals surface area contributed by atoms with Gasteiger partial charge in [0.25, 0.3) is 5.56 Å². The number of nitrogens with zero attached hydrogens (tertiary/aromatic N) is 3. The van der Waals surface area contributed by atoms with Crippen molar-refractivity contribution in [2.75, 3.05) is 31.2 Å². The standard InChI is InChI=1S/C19H18Cl2N4O3/c20-14-2-1-3-15(21)12(14)10-16-23-17(13(11-22)18(26)24-16)25-6-4-19(5-7-25)27-8-9-28-19/h1-3H,4-10H2,(H,23,24,26). The highest BCUT2D eigenvalue weighted by atomic mass is 35.5. The average molecular weight is 421 g/mol. The van der Waals surface area contributed by atoms with E-state index in [4.69, 9.17) is 32.7 Å². The number of ether oxygens (including phenoxy) is 2. The van der Waals surface area contributed by atoms with Crippen LogP contribution in [0.2, 0.25) is 10.0 Å². The van der Waals surface area contributed by atoms with Crippen LogP contribution >= 0.6 is 23.2 Å². The molecular weight excluding hydrogens is 403 g/mol. The molecule has 1 N–H and O–H groups in total. The SMILES string of the molecule is N#Cc1c(N2CCC3(CC2)OCCO3)nc(Cc2c(Cl)cccc2Cl)[nH]c1=O. The van der Waals surface area contributed by atoms with Crippen molar-refractivity contribution < 1.29 is 9.47 Å². The number of halogens is 2. The Morgan fingerprint density at radius 3 is 2.46 bits per heavy atom. The number of nitrogens with one attached hydrogen (secondary N) is 1. The Morgan fingerprint density at radius 2 is 1.86 bits per heavy atom. The van der Waals surface area contributed by atoms with Crippen LogP contribution in [0.1, 0.15) is 29.8 Å². The fourth-order valence-electron chi connectivity index (χ4n) is 3.63. The average Bonchev–Trinajstić information content (AvgIpc) is 3.13. The molecule has 4 rings (SSSR count). The number of aromatic amines is 1. The van der Waals surface area contributed by atoms with E-state index in [1.807, 2.05) is 11.0 Å². The van der Waals surface area contributed by atoms with Gasteiger partial charge >= 0.3 is 0 Å². The van der Waals surface area contributed by atoms with Crippen molar-refractivity contribution in [3.63, 3.8) is 0 Å².